The van der Waals surface area contributed by atoms with Gasteiger partial charge in [0.25, 0.3) is 0 Å². The van der Waals surface area contributed by atoms with Crippen molar-refractivity contribution in [3.05, 3.63) is 71.0 Å². The van der Waals surface area contributed by atoms with Crippen LogP contribution in [0.5, 0.6) is 0 Å². The Kier molecular flexibility index (Phi) is 5.05. The van der Waals surface area contributed by atoms with Gasteiger partial charge in [0.2, 0.25) is 0 Å². The summed E-state index contributed by atoms with van der Waals surface area (Å²) in [6.45, 7) is 0.352. The van der Waals surface area contributed by atoms with Gasteiger partial charge in [-0.1, -0.05) is 34.1 Å². The van der Waals surface area contributed by atoms with Crippen LogP contribution in [-0.4, -0.2) is 21.2 Å². The minimum Gasteiger partial charge on any atom is -0.325 e. The van der Waals surface area contributed by atoms with Crippen molar-refractivity contribution >= 4 is 44.4 Å². The molecule has 5 N–H and O–H groups in total. The van der Waals surface area contributed by atoms with E-state index in [2.05, 4.69) is 41.7 Å². The van der Waals surface area contributed by atoms with E-state index in [1.54, 1.807) is 6.20 Å². The van der Waals surface area contributed by atoms with Crippen LogP contribution in [0.1, 0.15) is 5.69 Å². The number of hydrogen-bond donors (Lipinski definition) is 4. The molecule has 0 aliphatic carbocycles. The van der Waals surface area contributed by atoms with Gasteiger partial charge in [-0.2, -0.15) is 5.10 Å². The Morgan fingerprint density at radius 2 is 1.86 bits per heavy atom. The summed E-state index contributed by atoms with van der Waals surface area (Å²) in [5, 5.41) is 13.7. The highest BCUT2D eigenvalue weighted by Crippen LogP contribution is 2.29. The van der Waals surface area contributed by atoms with Crippen molar-refractivity contribution in [3.8, 4) is 11.1 Å². The van der Waals surface area contributed by atoms with Crippen LogP contribution < -0.4 is 16.4 Å². The van der Waals surface area contributed by atoms with Crippen molar-refractivity contribution in [1.29, 1.82) is 0 Å². The number of halogens is 1. The Labute approximate surface area is 169 Å². The Bertz CT molecular complexity index is 1140. The lowest BCUT2D eigenvalue weighted by Crippen LogP contribution is -2.19. The van der Waals surface area contributed by atoms with Crippen LogP contribution in [0.2, 0.25) is 0 Å². The summed E-state index contributed by atoms with van der Waals surface area (Å²) in [6, 6.07) is 16.6. The van der Waals surface area contributed by atoms with Gasteiger partial charge in [-0.15, -0.1) is 0 Å². The number of fused-ring (bicyclic) bond motifs is 1. The third-order valence-corrected chi connectivity index (χ3v) is 4.76. The molecule has 0 radical (unpaired) electrons. The summed E-state index contributed by atoms with van der Waals surface area (Å²) in [5.41, 5.74) is 10.6. The van der Waals surface area contributed by atoms with Crippen LogP contribution in [0.4, 0.5) is 16.2 Å². The number of amides is 2. The molecule has 2 aromatic carbocycles. The normalized spacial score (nSPS) is 10.8. The quantitative estimate of drug-likeness (QED) is 0.377. The highest BCUT2D eigenvalue weighted by atomic mass is 79.9. The van der Waals surface area contributed by atoms with E-state index in [9.17, 15) is 4.79 Å². The zero-order valence-corrected chi connectivity index (χ0v) is 16.3. The Morgan fingerprint density at radius 3 is 2.61 bits per heavy atom. The molecule has 8 heteroatoms. The van der Waals surface area contributed by atoms with Gasteiger partial charge < -0.3 is 16.4 Å². The first kappa shape index (κ1) is 18.1. The average Bonchev–Trinajstić information content (AvgIpc) is 3.12. The third-order valence-electron chi connectivity index (χ3n) is 4.27. The number of carbonyl (C=O) groups is 1. The van der Waals surface area contributed by atoms with Crippen LogP contribution in [0, 0.1) is 0 Å². The lowest BCUT2D eigenvalue weighted by molar-refractivity contribution is 0.262. The molecule has 4 rings (SSSR count). The summed E-state index contributed by atoms with van der Waals surface area (Å²) in [6.07, 6.45) is 1.72. The van der Waals surface area contributed by atoms with Crippen molar-refractivity contribution in [2.45, 2.75) is 6.54 Å². The molecule has 0 aliphatic rings. The SMILES string of the molecule is NCc1[nH]nc2nccc(-c3ccc(NC(=O)Nc4cccc(Br)c4)cc3)c12. The number of hydrogen-bond acceptors (Lipinski definition) is 4. The van der Waals surface area contributed by atoms with E-state index in [0.29, 0.717) is 23.6 Å². The highest BCUT2D eigenvalue weighted by Gasteiger charge is 2.12. The van der Waals surface area contributed by atoms with Crippen molar-refractivity contribution < 1.29 is 4.79 Å². The second kappa shape index (κ2) is 7.79. The van der Waals surface area contributed by atoms with Gasteiger partial charge in [0.05, 0.1) is 11.1 Å². The molecular weight excluding hydrogens is 420 g/mol. The summed E-state index contributed by atoms with van der Waals surface area (Å²) in [5.74, 6) is 0. The third kappa shape index (κ3) is 3.73. The number of anilines is 2. The number of urea groups is 1. The van der Waals surface area contributed by atoms with Crippen molar-refractivity contribution in [2.75, 3.05) is 10.6 Å². The van der Waals surface area contributed by atoms with E-state index in [1.165, 1.54) is 0 Å². The minimum atomic E-state index is -0.308. The lowest BCUT2D eigenvalue weighted by atomic mass is 10.0. The molecular formula is C20H17BrN6O. The van der Waals surface area contributed by atoms with Gasteiger partial charge in [0.1, 0.15) is 0 Å². The van der Waals surface area contributed by atoms with Gasteiger partial charge in [-0.25, -0.2) is 9.78 Å². The maximum atomic E-state index is 12.2. The Morgan fingerprint density at radius 1 is 1.07 bits per heavy atom. The summed E-state index contributed by atoms with van der Waals surface area (Å²) in [7, 11) is 0. The first-order chi connectivity index (χ1) is 13.6. The minimum absolute atomic E-state index is 0.308. The average molecular weight is 437 g/mol. The molecule has 2 amide bonds. The summed E-state index contributed by atoms with van der Waals surface area (Å²) >= 11 is 3.38. The molecule has 0 bridgehead atoms. The van der Waals surface area contributed by atoms with E-state index in [-0.39, 0.29) is 6.03 Å². The number of nitrogens with two attached hydrogens (primary N) is 1. The molecule has 2 aromatic heterocycles. The zero-order valence-electron chi connectivity index (χ0n) is 14.7. The highest BCUT2D eigenvalue weighted by molar-refractivity contribution is 9.10. The molecule has 4 aromatic rings. The van der Waals surface area contributed by atoms with Crippen molar-refractivity contribution in [3.63, 3.8) is 0 Å². The van der Waals surface area contributed by atoms with Crippen molar-refractivity contribution in [1.82, 2.24) is 15.2 Å². The van der Waals surface area contributed by atoms with Crippen LogP contribution in [-0.2, 0) is 6.54 Å². The maximum Gasteiger partial charge on any atom is 0.323 e. The fourth-order valence-electron chi connectivity index (χ4n) is 2.99. The van der Waals surface area contributed by atoms with E-state index < -0.39 is 0 Å². The van der Waals surface area contributed by atoms with Crippen molar-refractivity contribution in [2.24, 2.45) is 5.73 Å². The lowest BCUT2D eigenvalue weighted by Gasteiger charge is -2.09. The predicted octanol–water partition coefficient (Wildman–Crippen LogP) is 4.49. The fraction of sp³-hybridized carbons (Fsp3) is 0.0500. The number of nitrogens with one attached hydrogen (secondary N) is 3. The van der Waals surface area contributed by atoms with Gasteiger partial charge in [0.15, 0.2) is 5.65 Å². The van der Waals surface area contributed by atoms with E-state index >= 15 is 0 Å². The first-order valence-electron chi connectivity index (χ1n) is 8.60. The smallest absolute Gasteiger partial charge is 0.323 e. The molecule has 0 aliphatic heterocycles. The molecule has 0 atom stereocenters. The molecule has 0 saturated heterocycles. The van der Waals surface area contributed by atoms with Crippen LogP contribution in [0.25, 0.3) is 22.2 Å². The largest absolute Gasteiger partial charge is 0.325 e. The molecule has 28 heavy (non-hydrogen) atoms. The molecule has 0 fully saturated rings. The number of aromatic amines is 1. The monoisotopic (exact) mass is 436 g/mol. The number of H-pyrrole nitrogens is 1. The number of rotatable bonds is 4. The van der Waals surface area contributed by atoms with E-state index in [4.69, 9.17) is 5.73 Å². The second-order valence-corrected chi connectivity index (χ2v) is 7.05. The molecule has 0 unspecified atom stereocenters. The summed E-state index contributed by atoms with van der Waals surface area (Å²) in [4.78, 5) is 16.5. The Balaban J connectivity index is 1.53. The Hall–Kier alpha value is -3.23. The second-order valence-electron chi connectivity index (χ2n) is 6.13. The molecule has 140 valence electrons. The zero-order chi connectivity index (χ0) is 19.5. The fourth-order valence-corrected chi connectivity index (χ4v) is 3.39. The van der Waals surface area contributed by atoms with Crippen LogP contribution in [0.15, 0.2) is 65.3 Å². The first-order valence-corrected chi connectivity index (χ1v) is 9.39. The molecule has 0 spiro atoms. The van der Waals surface area contributed by atoms with Gasteiger partial charge in [0, 0.05) is 28.6 Å². The topological polar surface area (TPSA) is 109 Å². The number of benzene rings is 2. The predicted molar refractivity (Wildman–Crippen MR) is 114 cm³/mol. The number of nitrogens with zero attached hydrogens (tertiary/aromatic N) is 2. The van der Waals surface area contributed by atoms with E-state index in [0.717, 1.165) is 26.7 Å². The molecule has 0 saturated carbocycles. The maximum absolute atomic E-state index is 12.2. The number of aromatic nitrogens is 3. The standard InChI is InChI=1S/C20H17BrN6O/c21-13-2-1-3-15(10-13)25-20(28)24-14-6-4-12(5-7-14)16-8-9-23-19-18(16)17(11-22)26-27-19/h1-10H,11,22H2,(H,23,26,27)(H2,24,25,28). The van der Waals surface area contributed by atoms with Crippen LogP contribution >= 0.6 is 15.9 Å². The van der Waals surface area contributed by atoms with Gasteiger partial charge >= 0.3 is 6.03 Å². The van der Waals surface area contributed by atoms with Gasteiger partial charge in [-0.3, -0.25) is 5.10 Å². The molecule has 7 nitrogen and oxygen atoms in total. The van der Waals surface area contributed by atoms with Crippen LogP contribution in [0.3, 0.4) is 0 Å². The van der Waals surface area contributed by atoms with E-state index in [1.807, 2.05) is 54.6 Å². The molecule has 2 heterocycles. The number of pyridine rings is 1. The number of carbonyl (C=O) groups excluding carboxylic acids is 1. The summed E-state index contributed by atoms with van der Waals surface area (Å²) < 4.78 is 0.898. The van der Waals surface area contributed by atoms with Gasteiger partial charge in [-0.05, 0) is 47.5 Å².